The quantitative estimate of drug-likeness (QED) is 0.459. The van der Waals surface area contributed by atoms with Crippen LogP contribution in [0.5, 0.6) is 11.5 Å². The maximum Gasteiger partial charge on any atom is 0.326 e. The van der Waals surface area contributed by atoms with E-state index >= 15 is 0 Å². The number of aromatic nitrogens is 1. The van der Waals surface area contributed by atoms with Crippen molar-refractivity contribution >= 4 is 50.8 Å². The lowest BCUT2D eigenvalue weighted by atomic mass is 10.2. The van der Waals surface area contributed by atoms with Crippen molar-refractivity contribution in [1.82, 2.24) is 4.57 Å². The number of carbonyl (C=O) groups excluding carboxylic acids is 2. The van der Waals surface area contributed by atoms with Gasteiger partial charge in [-0.2, -0.15) is 4.99 Å². The predicted octanol–water partition coefficient (Wildman–Crippen LogP) is 3.24. The lowest BCUT2D eigenvalue weighted by Gasteiger charge is -2.18. The van der Waals surface area contributed by atoms with Crippen molar-refractivity contribution in [3.8, 4) is 11.5 Å². The fourth-order valence-electron chi connectivity index (χ4n) is 2.85. The first-order valence-corrected chi connectivity index (χ1v) is 10.7. The van der Waals surface area contributed by atoms with Crippen LogP contribution in [0.1, 0.15) is 11.8 Å². The van der Waals surface area contributed by atoms with Crippen LogP contribution >= 0.6 is 22.7 Å². The topological polar surface area (TPSA) is 79.1 Å². The Bertz CT molecular complexity index is 1140. The minimum Gasteiger partial charge on any atom is -0.486 e. The monoisotopic (exact) mass is 430 g/mol. The van der Waals surface area contributed by atoms with Gasteiger partial charge in [0, 0.05) is 23.1 Å². The molecule has 1 aliphatic rings. The van der Waals surface area contributed by atoms with Gasteiger partial charge in [0.15, 0.2) is 16.3 Å². The van der Waals surface area contributed by atoms with Gasteiger partial charge in [-0.1, -0.05) is 17.4 Å². The molecule has 4 rings (SSSR count). The van der Waals surface area contributed by atoms with E-state index < -0.39 is 11.9 Å². The van der Waals surface area contributed by atoms with E-state index in [9.17, 15) is 9.59 Å². The summed E-state index contributed by atoms with van der Waals surface area (Å²) in [4.78, 5) is 30.1. The number of nitrogens with zero attached hydrogens (tertiary/aromatic N) is 2. The second-order valence-electron chi connectivity index (χ2n) is 6.04. The molecule has 7 nitrogen and oxygen atoms in total. The summed E-state index contributed by atoms with van der Waals surface area (Å²) in [7, 11) is 0. The largest absolute Gasteiger partial charge is 0.486 e. The van der Waals surface area contributed by atoms with Gasteiger partial charge < -0.3 is 18.8 Å². The maximum absolute atomic E-state index is 12.4. The molecule has 0 bridgehead atoms. The molecule has 3 heterocycles. The van der Waals surface area contributed by atoms with Gasteiger partial charge in [0.05, 0.1) is 16.8 Å². The number of thiophene rings is 1. The van der Waals surface area contributed by atoms with E-state index in [1.165, 1.54) is 28.7 Å². The molecule has 2 aromatic heterocycles. The number of carbonyl (C=O) groups is 2. The van der Waals surface area contributed by atoms with Gasteiger partial charge in [-0.15, -0.1) is 11.3 Å². The number of hydrogen-bond acceptors (Lipinski definition) is 7. The Morgan fingerprint density at radius 3 is 2.79 bits per heavy atom. The van der Waals surface area contributed by atoms with Crippen molar-refractivity contribution in [3.05, 3.63) is 45.4 Å². The number of ether oxygens (including phenoxy) is 3. The van der Waals surface area contributed by atoms with Crippen molar-refractivity contribution < 1.29 is 23.8 Å². The molecule has 0 atom stereocenters. The fraction of sp³-hybridized carbons (Fsp3) is 0.250. The third kappa shape index (κ3) is 4.41. The fourth-order valence-corrected chi connectivity index (χ4v) is 4.51. The molecule has 0 fully saturated rings. The highest BCUT2D eigenvalue weighted by atomic mass is 32.1. The average molecular weight is 431 g/mol. The van der Waals surface area contributed by atoms with Gasteiger partial charge in [0.1, 0.15) is 19.8 Å². The Hall–Kier alpha value is -2.91. The van der Waals surface area contributed by atoms with E-state index in [1.807, 2.05) is 29.6 Å². The van der Waals surface area contributed by atoms with E-state index in [-0.39, 0.29) is 13.2 Å². The summed E-state index contributed by atoms with van der Waals surface area (Å²) in [6.45, 7) is 2.93. The molecule has 1 aliphatic heterocycles. The van der Waals surface area contributed by atoms with E-state index in [2.05, 4.69) is 4.99 Å². The van der Waals surface area contributed by atoms with Crippen LogP contribution < -0.4 is 14.3 Å². The van der Waals surface area contributed by atoms with Crippen LogP contribution in [0.2, 0.25) is 0 Å². The zero-order valence-corrected chi connectivity index (χ0v) is 17.3. The summed E-state index contributed by atoms with van der Waals surface area (Å²) in [5.41, 5.74) is 0.737. The second-order valence-corrected chi connectivity index (χ2v) is 8.03. The third-order valence-electron chi connectivity index (χ3n) is 4.08. The van der Waals surface area contributed by atoms with E-state index in [0.29, 0.717) is 29.5 Å². The summed E-state index contributed by atoms with van der Waals surface area (Å²) in [6.07, 6.45) is 3.14. The van der Waals surface area contributed by atoms with Gasteiger partial charge in [-0.25, -0.2) is 0 Å². The average Bonchev–Trinajstić information content (AvgIpc) is 3.33. The molecule has 0 saturated carbocycles. The molecule has 0 unspecified atom stereocenters. The zero-order chi connectivity index (χ0) is 20.2. The van der Waals surface area contributed by atoms with Gasteiger partial charge >= 0.3 is 5.97 Å². The van der Waals surface area contributed by atoms with Gasteiger partial charge in [0.2, 0.25) is 0 Å². The Morgan fingerprint density at radius 1 is 1.28 bits per heavy atom. The first kappa shape index (κ1) is 19.4. The van der Waals surface area contributed by atoms with Crippen molar-refractivity contribution in [2.75, 3.05) is 19.8 Å². The molecule has 9 heteroatoms. The third-order valence-corrected chi connectivity index (χ3v) is 5.96. The number of benzene rings is 1. The summed E-state index contributed by atoms with van der Waals surface area (Å²) >= 11 is 2.84. The number of hydrogen-bond donors (Lipinski definition) is 0. The summed E-state index contributed by atoms with van der Waals surface area (Å²) in [6, 6.07) is 7.49. The minimum absolute atomic E-state index is 0.0474. The highest BCUT2D eigenvalue weighted by Crippen LogP contribution is 2.35. The van der Waals surface area contributed by atoms with Crippen molar-refractivity contribution in [2.45, 2.75) is 13.5 Å². The Balaban J connectivity index is 1.76. The van der Waals surface area contributed by atoms with Crippen LogP contribution in [0.15, 0.2) is 40.7 Å². The number of fused-ring (bicyclic) bond motifs is 2. The summed E-state index contributed by atoms with van der Waals surface area (Å²) in [5.74, 6) is 0.448. The van der Waals surface area contributed by atoms with Crippen LogP contribution in [-0.4, -0.2) is 36.3 Å². The highest BCUT2D eigenvalue weighted by Gasteiger charge is 2.18. The summed E-state index contributed by atoms with van der Waals surface area (Å²) in [5, 5.41) is 1.94. The van der Waals surface area contributed by atoms with Crippen LogP contribution in [0.3, 0.4) is 0 Å². The minimum atomic E-state index is -0.403. The van der Waals surface area contributed by atoms with Crippen LogP contribution in [0.4, 0.5) is 0 Å². The van der Waals surface area contributed by atoms with Gasteiger partial charge in [0.25, 0.3) is 5.91 Å². The molecule has 1 aromatic carbocycles. The standard InChI is InChI=1S/C20H18N2O5S2/c1-2-25-19(24)12-22-14-10-15-16(27-8-7-26-15)11-17(14)29-20(22)21-18(23)6-5-13-4-3-9-28-13/h3-6,9-11H,2,7-8,12H2,1H3/b6-5+,21-20?. The molecule has 0 N–H and O–H groups in total. The van der Waals surface area contributed by atoms with Crippen molar-refractivity contribution in [3.63, 3.8) is 0 Å². The Morgan fingerprint density at radius 2 is 2.07 bits per heavy atom. The van der Waals surface area contributed by atoms with E-state index in [4.69, 9.17) is 14.2 Å². The SMILES string of the molecule is CCOC(=O)Cn1c(=NC(=O)/C=C/c2cccs2)sc2cc3c(cc21)OCCO3. The Labute approximate surface area is 174 Å². The van der Waals surface area contributed by atoms with E-state index in [0.717, 1.165) is 15.1 Å². The van der Waals surface area contributed by atoms with Crippen LogP contribution in [-0.2, 0) is 20.9 Å². The second kappa shape index (κ2) is 8.62. The lowest BCUT2D eigenvalue weighted by Crippen LogP contribution is -2.23. The van der Waals surface area contributed by atoms with Gasteiger partial charge in [-0.3, -0.25) is 9.59 Å². The van der Waals surface area contributed by atoms with Crippen molar-refractivity contribution in [2.24, 2.45) is 4.99 Å². The maximum atomic E-state index is 12.4. The molecule has 0 radical (unpaired) electrons. The lowest BCUT2D eigenvalue weighted by molar-refractivity contribution is -0.143. The molecule has 3 aromatic rings. The number of thiazole rings is 1. The predicted molar refractivity (Wildman–Crippen MR) is 111 cm³/mol. The molecule has 0 saturated heterocycles. The zero-order valence-electron chi connectivity index (χ0n) is 15.6. The number of rotatable bonds is 5. The first-order chi connectivity index (χ1) is 14.1. The molecule has 0 spiro atoms. The molecule has 0 aliphatic carbocycles. The van der Waals surface area contributed by atoms with Crippen molar-refractivity contribution in [1.29, 1.82) is 0 Å². The van der Waals surface area contributed by atoms with E-state index in [1.54, 1.807) is 17.6 Å². The number of amides is 1. The molecule has 29 heavy (non-hydrogen) atoms. The number of esters is 1. The van der Waals surface area contributed by atoms with Gasteiger partial charge in [-0.05, 0) is 24.4 Å². The molecule has 150 valence electrons. The van der Waals surface area contributed by atoms with Crippen LogP contribution in [0.25, 0.3) is 16.3 Å². The molecular formula is C20H18N2O5S2. The highest BCUT2D eigenvalue weighted by molar-refractivity contribution is 7.16. The first-order valence-electron chi connectivity index (χ1n) is 9.03. The molecular weight excluding hydrogens is 412 g/mol. The summed E-state index contributed by atoms with van der Waals surface area (Å²) < 4.78 is 18.9. The smallest absolute Gasteiger partial charge is 0.326 e. The van der Waals surface area contributed by atoms with Crippen LogP contribution in [0, 0.1) is 0 Å². The molecule has 1 amide bonds. The Kier molecular flexibility index (Phi) is 5.77. The normalized spacial score (nSPS) is 13.9.